The summed E-state index contributed by atoms with van der Waals surface area (Å²) >= 11 is 0. The number of carbonyl (C=O) groups is 1. The summed E-state index contributed by atoms with van der Waals surface area (Å²) in [7, 11) is 0. The van der Waals surface area contributed by atoms with Gasteiger partial charge in [-0.1, -0.05) is 48.5 Å². The summed E-state index contributed by atoms with van der Waals surface area (Å²) in [5.41, 5.74) is 4.14. The number of benzene rings is 3. The van der Waals surface area contributed by atoms with Crippen LogP contribution in [0, 0.1) is 5.82 Å². The largest absolute Gasteiger partial charge is 0.347 e. The lowest BCUT2D eigenvalue weighted by Crippen LogP contribution is -2.48. The van der Waals surface area contributed by atoms with Crippen molar-refractivity contribution in [1.29, 1.82) is 0 Å². The number of amides is 1. The summed E-state index contributed by atoms with van der Waals surface area (Å²) in [6.07, 6.45) is 3.10. The number of imidazole rings is 1. The highest BCUT2D eigenvalue weighted by atomic mass is 19.1. The summed E-state index contributed by atoms with van der Waals surface area (Å²) < 4.78 is 17.2. The Morgan fingerprint density at radius 1 is 0.961 bits per heavy atom. The zero-order valence-corrected chi connectivity index (χ0v) is 28.3. The number of nitrogens with zero attached hydrogens (tertiary/aromatic N) is 5. The number of fused-ring (bicyclic) bond motifs is 2. The predicted molar refractivity (Wildman–Crippen MR) is 195 cm³/mol. The molecule has 260 valence electrons. The molecule has 1 saturated heterocycles. The second kappa shape index (κ2) is 13.7. The molecule has 1 aliphatic carbocycles. The predicted octanol–water partition coefficient (Wildman–Crippen LogP) is 4.94. The highest BCUT2D eigenvalue weighted by molar-refractivity contribution is 5.94. The average Bonchev–Trinajstić information content (AvgIpc) is 3.58. The zero-order valence-electron chi connectivity index (χ0n) is 28.3. The monoisotopic (exact) mass is 686 g/mol. The van der Waals surface area contributed by atoms with Gasteiger partial charge in [0, 0.05) is 44.3 Å². The minimum absolute atomic E-state index is 0.0342. The van der Waals surface area contributed by atoms with E-state index in [2.05, 4.69) is 61.7 Å². The fraction of sp³-hybridized carbons (Fsp3) is 0.308. The van der Waals surface area contributed by atoms with Crippen LogP contribution in [0.1, 0.15) is 54.8 Å². The first kappa shape index (κ1) is 32.7. The highest BCUT2D eigenvalue weighted by Gasteiger charge is 2.29. The number of aromatic nitrogens is 5. The minimum atomic E-state index is -0.655. The van der Waals surface area contributed by atoms with Crippen molar-refractivity contribution in [2.75, 3.05) is 19.6 Å². The van der Waals surface area contributed by atoms with Gasteiger partial charge in [0.05, 0.1) is 28.3 Å². The van der Waals surface area contributed by atoms with Crippen molar-refractivity contribution in [1.82, 2.24) is 39.6 Å². The smallest absolute Gasteiger partial charge is 0.337 e. The lowest BCUT2D eigenvalue weighted by atomic mass is 9.91. The quantitative estimate of drug-likeness (QED) is 0.217. The topological polar surface area (TPSA) is 130 Å². The Hall–Kier alpha value is -5.46. The number of carbonyl (C=O) groups excluding carboxylic acids is 1. The van der Waals surface area contributed by atoms with E-state index in [0.717, 1.165) is 55.1 Å². The van der Waals surface area contributed by atoms with E-state index >= 15 is 0 Å². The van der Waals surface area contributed by atoms with Crippen LogP contribution in [0.2, 0.25) is 0 Å². The van der Waals surface area contributed by atoms with Gasteiger partial charge in [0.15, 0.2) is 11.5 Å². The van der Waals surface area contributed by atoms with Crippen molar-refractivity contribution in [3.8, 4) is 16.8 Å². The standard InChI is InChI=1S/C39H39FN8O3/c1-24-22-46(18-17-41-24)23-25-9-11-26(12-10-25)27-5-4-6-31(19-27)47-36-32(20-28(40)21-42-36)38(50)48(39(47)51)30-15-13-29(14-16-30)43-37(49)35-44-33-7-2-3-8-34(33)45-35/h2-12,19-21,24,29-30,41H,13-18,22-23H2,1H3,(H,43,49)(H,44,45). The molecule has 1 unspecified atom stereocenters. The Labute approximate surface area is 293 Å². The maximum absolute atomic E-state index is 14.5. The molecule has 0 bridgehead atoms. The molecule has 1 amide bonds. The summed E-state index contributed by atoms with van der Waals surface area (Å²) in [5, 5.41) is 6.57. The van der Waals surface area contributed by atoms with Crippen LogP contribution in [-0.2, 0) is 6.54 Å². The number of rotatable bonds is 7. The van der Waals surface area contributed by atoms with Gasteiger partial charge in [-0.05, 0) is 79.6 Å². The van der Waals surface area contributed by atoms with Crippen LogP contribution in [0.15, 0.2) is 94.6 Å². The fourth-order valence-corrected chi connectivity index (χ4v) is 7.57. The van der Waals surface area contributed by atoms with E-state index in [1.807, 2.05) is 42.5 Å². The molecule has 6 aromatic rings. The number of para-hydroxylation sites is 2. The molecule has 0 spiro atoms. The molecular formula is C39H39FN8O3. The van der Waals surface area contributed by atoms with Gasteiger partial charge in [-0.2, -0.15) is 0 Å². The molecule has 0 radical (unpaired) electrons. The number of pyridine rings is 1. The third kappa shape index (κ3) is 6.60. The molecule has 11 nitrogen and oxygen atoms in total. The molecule has 3 aromatic carbocycles. The van der Waals surface area contributed by atoms with Gasteiger partial charge in [-0.15, -0.1) is 0 Å². The van der Waals surface area contributed by atoms with Crippen molar-refractivity contribution in [3.63, 3.8) is 0 Å². The summed E-state index contributed by atoms with van der Waals surface area (Å²) in [4.78, 5) is 55.3. The number of halogens is 1. The van der Waals surface area contributed by atoms with Gasteiger partial charge in [0.2, 0.25) is 0 Å². The van der Waals surface area contributed by atoms with Crippen molar-refractivity contribution in [2.45, 2.75) is 57.3 Å². The molecule has 1 aliphatic heterocycles. The van der Waals surface area contributed by atoms with E-state index < -0.39 is 23.1 Å². The Kier molecular flexibility index (Phi) is 8.78. The van der Waals surface area contributed by atoms with E-state index in [1.165, 1.54) is 14.7 Å². The Balaban J connectivity index is 1.05. The molecular weight excluding hydrogens is 647 g/mol. The first-order valence-electron chi connectivity index (χ1n) is 17.5. The second-order valence-corrected chi connectivity index (χ2v) is 13.7. The van der Waals surface area contributed by atoms with Crippen LogP contribution in [0.5, 0.6) is 0 Å². The second-order valence-electron chi connectivity index (χ2n) is 13.7. The van der Waals surface area contributed by atoms with Gasteiger partial charge in [-0.25, -0.2) is 23.7 Å². The highest BCUT2D eigenvalue weighted by Crippen LogP contribution is 2.29. The first-order chi connectivity index (χ1) is 24.8. The maximum Gasteiger partial charge on any atom is 0.337 e. The molecule has 12 heteroatoms. The molecule has 3 N–H and O–H groups in total. The molecule has 4 heterocycles. The van der Waals surface area contributed by atoms with Gasteiger partial charge >= 0.3 is 5.69 Å². The van der Waals surface area contributed by atoms with Crippen molar-refractivity contribution in [2.24, 2.45) is 0 Å². The van der Waals surface area contributed by atoms with Crippen molar-refractivity contribution >= 4 is 28.0 Å². The van der Waals surface area contributed by atoms with Crippen LogP contribution in [-0.4, -0.2) is 66.6 Å². The van der Waals surface area contributed by atoms with E-state index in [4.69, 9.17) is 0 Å². The normalized spacial score (nSPS) is 19.8. The van der Waals surface area contributed by atoms with Crippen LogP contribution in [0.25, 0.3) is 38.9 Å². The number of nitrogens with one attached hydrogen (secondary N) is 3. The van der Waals surface area contributed by atoms with E-state index in [-0.39, 0.29) is 28.8 Å². The molecule has 8 rings (SSSR count). The first-order valence-corrected chi connectivity index (χ1v) is 17.5. The zero-order chi connectivity index (χ0) is 35.1. The average molecular weight is 687 g/mol. The molecule has 2 aliphatic rings. The van der Waals surface area contributed by atoms with E-state index in [9.17, 15) is 18.8 Å². The Morgan fingerprint density at radius 3 is 2.55 bits per heavy atom. The Morgan fingerprint density at radius 2 is 1.76 bits per heavy atom. The van der Waals surface area contributed by atoms with E-state index in [0.29, 0.717) is 42.9 Å². The molecule has 3 aromatic heterocycles. The van der Waals surface area contributed by atoms with Crippen LogP contribution >= 0.6 is 0 Å². The van der Waals surface area contributed by atoms with Gasteiger partial charge in [0.25, 0.3) is 11.5 Å². The molecule has 1 saturated carbocycles. The third-order valence-corrected chi connectivity index (χ3v) is 10.1. The summed E-state index contributed by atoms with van der Waals surface area (Å²) in [6, 6.07) is 24.5. The number of aromatic amines is 1. The third-order valence-electron chi connectivity index (χ3n) is 10.1. The van der Waals surface area contributed by atoms with Gasteiger partial charge < -0.3 is 15.6 Å². The number of hydrogen-bond donors (Lipinski definition) is 3. The fourth-order valence-electron chi connectivity index (χ4n) is 7.57. The summed E-state index contributed by atoms with van der Waals surface area (Å²) in [6.45, 7) is 6.09. The van der Waals surface area contributed by atoms with Crippen LogP contribution in [0.4, 0.5) is 4.39 Å². The molecule has 51 heavy (non-hydrogen) atoms. The number of piperazine rings is 1. The maximum atomic E-state index is 14.5. The lowest BCUT2D eigenvalue weighted by molar-refractivity contribution is 0.0912. The Bertz CT molecular complexity index is 2320. The van der Waals surface area contributed by atoms with Crippen LogP contribution in [0.3, 0.4) is 0 Å². The van der Waals surface area contributed by atoms with Crippen LogP contribution < -0.4 is 21.9 Å². The lowest BCUT2D eigenvalue weighted by Gasteiger charge is -2.31. The minimum Gasteiger partial charge on any atom is -0.347 e. The van der Waals surface area contributed by atoms with Gasteiger partial charge in [0.1, 0.15) is 5.82 Å². The van der Waals surface area contributed by atoms with Crippen molar-refractivity contribution < 1.29 is 9.18 Å². The van der Waals surface area contributed by atoms with Gasteiger partial charge in [-0.3, -0.25) is 19.1 Å². The van der Waals surface area contributed by atoms with E-state index in [1.54, 1.807) is 6.07 Å². The summed E-state index contributed by atoms with van der Waals surface area (Å²) in [5.74, 6) is -0.716. The molecule has 2 fully saturated rings. The SMILES string of the molecule is CC1CN(Cc2ccc(-c3cccc(-n4c(=O)n(C5CCC(NC(=O)c6nc7ccccc7[nH]6)CC5)c(=O)c5cc(F)cnc54)c3)cc2)CCN1. The van der Waals surface area contributed by atoms with Crippen molar-refractivity contribution in [3.05, 3.63) is 123 Å². The molecule has 1 atom stereocenters. The number of H-pyrrole nitrogens is 1. The number of hydrogen-bond acceptors (Lipinski definition) is 7.